The van der Waals surface area contributed by atoms with Crippen LogP contribution in [0.3, 0.4) is 0 Å². The second-order valence-electron chi connectivity index (χ2n) is 5.45. The van der Waals surface area contributed by atoms with E-state index < -0.39 is 0 Å². The molecule has 26 heavy (non-hydrogen) atoms. The summed E-state index contributed by atoms with van der Waals surface area (Å²) in [5.41, 5.74) is 3.16. The van der Waals surface area contributed by atoms with Crippen LogP contribution in [-0.4, -0.2) is 38.8 Å². The Bertz CT molecular complexity index is 1050. The SMILES string of the molecule is COc1cc(-c2ccn3nc(Nc4cccnc4)cc3n2)cnc1OC. The quantitative estimate of drug-likeness (QED) is 0.593. The molecule has 0 radical (unpaired) electrons. The molecule has 1 N–H and O–H groups in total. The van der Waals surface area contributed by atoms with Gasteiger partial charge in [0.15, 0.2) is 17.2 Å². The zero-order chi connectivity index (χ0) is 17.9. The van der Waals surface area contributed by atoms with E-state index in [1.165, 1.54) is 0 Å². The van der Waals surface area contributed by atoms with Gasteiger partial charge in [-0.3, -0.25) is 4.98 Å². The molecule has 4 aromatic rings. The van der Waals surface area contributed by atoms with E-state index in [-0.39, 0.29) is 0 Å². The number of nitrogens with zero attached hydrogens (tertiary/aromatic N) is 5. The van der Waals surface area contributed by atoms with Gasteiger partial charge in [0.2, 0.25) is 0 Å². The summed E-state index contributed by atoms with van der Waals surface area (Å²) in [5, 5.41) is 7.66. The Hall–Kier alpha value is -3.68. The highest BCUT2D eigenvalue weighted by molar-refractivity contribution is 5.66. The maximum atomic E-state index is 5.31. The lowest BCUT2D eigenvalue weighted by Gasteiger charge is -2.08. The van der Waals surface area contributed by atoms with Gasteiger partial charge in [-0.25, -0.2) is 14.5 Å². The second kappa shape index (κ2) is 6.67. The first-order valence-electron chi connectivity index (χ1n) is 7.88. The number of aromatic nitrogens is 5. The van der Waals surface area contributed by atoms with E-state index in [2.05, 4.69) is 25.4 Å². The van der Waals surface area contributed by atoms with E-state index in [1.54, 1.807) is 37.3 Å². The van der Waals surface area contributed by atoms with Crippen LogP contribution in [0.2, 0.25) is 0 Å². The Morgan fingerprint density at radius 2 is 2.00 bits per heavy atom. The second-order valence-corrected chi connectivity index (χ2v) is 5.45. The number of anilines is 2. The van der Waals surface area contributed by atoms with Crippen LogP contribution >= 0.6 is 0 Å². The predicted molar refractivity (Wildman–Crippen MR) is 96.8 cm³/mol. The summed E-state index contributed by atoms with van der Waals surface area (Å²) >= 11 is 0. The Morgan fingerprint density at radius 1 is 1.08 bits per heavy atom. The molecule has 0 unspecified atom stereocenters. The van der Waals surface area contributed by atoms with Crippen molar-refractivity contribution < 1.29 is 9.47 Å². The molecule has 130 valence electrons. The van der Waals surface area contributed by atoms with Crippen LogP contribution in [0.25, 0.3) is 16.9 Å². The first-order valence-corrected chi connectivity index (χ1v) is 7.88. The number of nitrogens with one attached hydrogen (secondary N) is 1. The third-order valence-electron chi connectivity index (χ3n) is 3.79. The van der Waals surface area contributed by atoms with Gasteiger partial charge in [-0.15, -0.1) is 5.10 Å². The average molecular weight is 348 g/mol. The fourth-order valence-electron chi connectivity index (χ4n) is 2.56. The maximum Gasteiger partial charge on any atom is 0.256 e. The summed E-state index contributed by atoms with van der Waals surface area (Å²) in [4.78, 5) is 13.0. The number of rotatable bonds is 5. The summed E-state index contributed by atoms with van der Waals surface area (Å²) in [6.45, 7) is 0. The molecule has 0 atom stereocenters. The van der Waals surface area contributed by atoms with E-state index in [0.717, 1.165) is 16.9 Å². The van der Waals surface area contributed by atoms with Gasteiger partial charge in [-0.05, 0) is 24.3 Å². The van der Waals surface area contributed by atoms with Gasteiger partial charge in [0.05, 0.1) is 31.8 Å². The molecule has 4 rings (SSSR count). The summed E-state index contributed by atoms with van der Waals surface area (Å²) in [6.07, 6.45) is 7.01. The summed E-state index contributed by atoms with van der Waals surface area (Å²) in [7, 11) is 3.13. The number of ether oxygens (including phenoxy) is 2. The minimum Gasteiger partial charge on any atom is -0.491 e. The molecule has 4 heterocycles. The summed E-state index contributed by atoms with van der Waals surface area (Å²) < 4.78 is 12.2. The number of hydrogen-bond donors (Lipinski definition) is 1. The highest BCUT2D eigenvalue weighted by Gasteiger charge is 2.10. The monoisotopic (exact) mass is 348 g/mol. The maximum absolute atomic E-state index is 5.31. The molecular weight excluding hydrogens is 332 g/mol. The molecule has 0 aliphatic rings. The van der Waals surface area contributed by atoms with Gasteiger partial charge in [-0.1, -0.05) is 0 Å². The zero-order valence-electron chi connectivity index (χ0n) is 14.2. The van der Waals surface area contributed by atoms with Crippen LogP contribution in [0.15, 0.2) is 55.1 Å². The van der Waals surface area contributed by atoms with Gasteiger partial charge < -0.3 is 14.8 Å². The molecule has 8 heteroatoms. The van der Waals surface area contributed by atoms with Crippen molar-refractivity contribution in [1.29, 1.82) is 0 Å². The topological polar surface area (TPSA) is 86.5 Å². The molecule has 4 aromatic heterocycles. The van der Waals surface area contributed by atoms with E-state index in [9.17, 15) is 0 Å². The smallest absolute Gasteiger partial charge is 0.256 e. The van der Waals surface area contributed by atoms with Crippen LogP contribution in [0.4, 0.5) is 11.5 Å². The zero-order valence-corrected chi connectivity index (χ0v) is 14.2. The third-order valence-corrected chi connectivity index (χ3v) is 3.79. The van der Waals surface area contributed by atoms with Crippen LogP contribution in [0.1, 0.15) is 0 Å². The van der Waals surface area contributed by atoms with E-state index in [4.69, 9.17) is 9.47 Å². The number of hydrogen-bond acceptors (Lipinski definition) is 7. The molecule has 8 nitrogen and oxygen atoms in total. The summed E-state index contributed by atoms with van der Waals surface area (Å²) in [5.74, 6) is 1.68. The van der Waals surface area contributed by atoms with Crippen LogP contribution in [-0.2, 0) is 0 Å². The fourth-order valence-corrected chi connectivity index (χ4v) is 2.56. The van der Waals surface area contributed by atoms with Gasteiger partial charge in [0.25, 0.3) is 5.88 Å². The van der Waals surface area contributed by atoms with Crippen molar-refractivity contribution in [3.05, 3.63) is 55.1 Å². The number of pyridine rings is 2. The predicted octanol–water partition coefficient (Wildman–Crippen LogP) is 2.95. The first kappa shape index (κ1) is 15.8. The average Bonchev–Trinajstić information content (AvgIpc) is 3.09. The van der Waals surface area contributed by atoms with E-state index in [1.807, 2.05) is 36.5 Å². The van der Waals surface area contributed by atoms with Gasteiger partial charge in [-0.2, -0.15) is 0 Å². The molecule has 0 saturated carbocycles. The van der Waals surface area contributed by atoms with E-state index in [0.29, 0.717) is 23.1 Å². The fraction of sp³-hybridized carbons (Fsp3) is 0.111. The van der Waals surface area contributed by atoms with E-state index >= 15 is 0 Å². The molecule has 0 aromatic carbocycles. The highest BCUT2D eigenvalue weighted by atomic mass is 16.5. The molecule has 0 bridgehead atoms. The van der Waals surface area contributed by atoms with Crippen LogP contribution < -0.4 is 14.8 Å². The van der Waals surface area contributed by atoms with Crippen LogP contribution in [0.5, 0.6) is 11.6 Å². The number of methoxy groups -OCH3 is 2. The van der Waals surface area contributed by atoms with Gasteiger partial charge >= 0.3 is 0 Å². The Kier molecular flexibility index (Phi) is 4.06. The Morgan fingerprint density at radius 3 is 2.77 bits per heavy atom. The van der Waals surface area contributed by atoms with Crippen LogP contribution in [0, 0.1) is 0 Å². The molecule has 0 fully saturated rings. The van der Waals surface area contributed by atoms with Crippen molar-refractivity contribution in [2.24, 2.45) is 0 Å². The molecule has 0 aliphatic heterocycles. The molecule has 0 spiro atoms. The van der Waals surface area contributed by atoms with Crippen molar-refractivity contribution in [3.63, 3.8) is 0 Å². The lowest BCUT2D eigenvalue weighted by Crippen LogP contribution is -1.96. The van der Waals surface area contributed by atoms with Gasteiger partial charge in [0, 0.05) is 30.2 Å². The third kappa shape index (κ3) is 3.00. The number of fused-ring (bicyclic) bond motifs is 1. The lowest BCUT2D eigenvalue weighted by atomic mass is 10.2. The highest BCUT2D eigenvalue weighted by Crippen LogP contribution is 2.29. The Labute approximate surface area is 149 Å². The molecular formula is C18H16N6O2. The molecule has 0 aliphatic carbocycles. The molecule has 0 saturated heterocycles. The normalized spacial score (nSPS) is 10.7. The first-order chi connectivity index (χ1) is 12.8. The summed E-state index contributed by atoms with van der Waals surface area (Å²) in [6, 6.07) is 9.36. The van der Waals surface area contributed by atoms with Crippen molar-refractivity contribution in [1.82, 2.24) is 24.6 Å². The lowest BCUT2D eigenvalue weighted by molar-refractivity contribution is 0.343. The minimum absolute atomic E-state index is 0.435. The largest absolute Gasteiger partial charge is 0.491 e. The van der Waals surface area contributed by atoms with Crippen molar-refractivity contribution in [2.75, 3.05) is 19.5 Å². The Balaban J connectivity index is 1.67. The minimum atomic E-state index is 0.435. The van der Waals surface area contributed by atoms with Crippen molar-refractivity contribution in [3.8, 4) is 22.9 Å². The van der Waals surface area contributed by atoms with Gasteiger partial charge in [0.1, 0.15) is 0 Å². The molecule has 0 amide bonds. The van der Waals surface area contributed by atoms with Crippen molar-refractivity contribution in [2.45, 2.75) is 0 Å². The standard InChI is InChI=1S/C18H16N6O2/c1-25-15-8-12(10-20-18(15)26-2)14-5-7-24-17(22-14)9-16(23-24)21-13-4-3-6-19-11-13/h3-11H,1-2H3,(H,21,23). The van der Waals surface area contributed by atoms with Crippen molar-refractivity contribution >= 4 is 17.2 Å².